The summed E-state index contributed by atoms with van der Waals surface area (Å²) < 4.78 is 10.2. The van der Waals surface area contributed by atoms with Crippen LogP contribution in [0.15, 0.2) is 48.5 Å². The molecule has 0 N–H and O–H groups in total. The summed E-state index contributed by atoms with van der Waals surface area (Å²) in [6.45, 7) is 2.40. The molecule has 0 radical (unpaired) electrons. The number of carbonyl (C=O) groups excluding carboxylic acids is 5. The number of ether oxygens (including phenoxy) is 2. The molecule has 9 heteroatoms. The van der Waals surface area contributed by atoms with Crippen LogP contribution in [-0.2, 0) is 19.1 Å². The maximum absolute atomic E-state index is 12.7. The van der Waals surface area contributed by atoms with Gasteiger partial charge in [-0.15, -0.1) is 0 Å². The highest BCUT2D eigenvalue weighted by Crippen LogP contribution is 2.29. The third-order valence-electron chi connectivity index (χ3n) is 5.93. The molecule has 176 valence electrons. The van der Waals surface area contributed by atoms with Crippen LogP contribution in [0, 0.1) is 5.92 Å². The molecule has 2 aliphatic heterocycles. The number of piperidine rings is 1. The number of rotatable bonds is 6. The number of nitrogens with zero attached hydrogens (tertiary/aromatic N) is 2. The lowest BCUT2D eigenvalue weighted by molar-refractivity contribution is -0.151. The molecule has 0 saturated carbocycles. The van der Waals surface area contributed by atoms with E-state index in [1.54, 1.807) is 42.2 Å². The van der Waals surface area contributed by atoms with Gasteiger partial charge in [-0.05, 0) is 50.1 Å². The number of carbonyl (C=O) groups is 5. The van der Waals surface area contributed by atoms with E-state index in [9.17, 15) is 24.0 Å². The van der Waals surface area contributed by atoms with Crippen molar-refractivity contribution < 1.29 is 33.4 Å². The van der Waals surface area contributed by atoms with Crippen molar-refractivity contribution in [1.29, 1.82) is 0 Å². The lowest BCUT2D eigenvalue weighted by Gasteiger charge is -2.30. The molecule has 0 spiro atoms. The van der Waals surface area contributed by atoms with Gasteiger partial charge in [-0.25, -0.2) is 9.69 Å². The van der Waals surface area contributed by atoms with Crippen LogP contribution in [0.1, 0.15) is 50.8 Å². The number of amides is 3. The van der Waals surface area contributed by atoms with Crippen LogP contribution in [-0.4, -0.2) is 60.9 Å². The minimum atomic E-state index is -0.742. The van der Waals surface area contributed by atoms with Crippen LogP contribution in [0.5, 0.6) is 0 Å². The molecule has 2 aromatic carbocycles. The Morgan fingerprint density at radius 3 is 2.18 bits per heavy atom. The van der Waals surface area contributed by atoms with Gasteiger partial charge in [-0.3, -0.25) is 19.2 Å². The Morgan fingerprint density at radius 1 is 0.912 bits per heavy atom. The van der Waals surface area contributed by atoms with E-state index in [4.69, 9.17) is 9.47 Å². The number of benzene rings is 2. The summed E-state index contributed by atoms with van der Waals surface area (Å²) in [5.41, 5.74) is 0.964. The molecule has 9 nitrogen and oxygen atoms in total. The molecule has 0 bridgehead atoms. The summed E-state index contributed by atoms with van der Waals surface area (Å²) in [5.74, 6) is -2.50. The first-order valence-corrected chi connectivity index (χ1v) is 11.1. The van der Waals surface area contributed by atoms with E-state index in [2.05, 4.69) is 0 Å². The molecule has 3 amide bonds. The van der Waals surface area contributed by atoms with Crippen LogP contribution in [0.3, 0.4) is 0 Å². The summed E-state index contributed by atoms with van der Waals surface area (Å²) in [5, 5.41) is 0. The zero-order valence-electron chi connectivity index (χ0n) is 18.7. The average Bonchev–Trinajstić information content (AvgIpc) is 3.12. The lowest BCUT2D eigenvalue weighted by Crippen LogP contribution is -2.42. The van der Waals surface area contributed by atoms with Gasteiger partial charge in [-0.1, -0.05) is 18.2 Å². The first-order valence-electron chi connectivity index (χ1n) is 11.1. The standard InChI is InChI=1S/C25H24N2O7/c1-2-33-24(31)16-10-12-26(13-11-16)21(28)15-34-25(32)17-6-5-7-18(14-17)27-22(29)19-8-3-4-9-20(19)23(27)30/h3-9,14,16H,2,10-13,15H2,1H3. The second-order valence-electron chi connectivity index (χ2n) is 8.02. The molecular weight excluding hydrogens is 440 g/mol. The van der Waals surface area contributed by atoms with Crippen LogP contribution in [0.2, 0.25) is 0 Å². The average molecular weight is 464 g/mol. The van der Waals surface area contributed by atoms with Gasteiger partial charge in [0.05, 0.1) is 34.9 Å². The third-order valence-corrected chi connectivity index (χ3v) is 5.93. The predicted octanol–water partition coefficient (Wildman–Crippen LogP) is 2.45. The van der Waals surface area contributed by atoms with Gasteiger partial charge in [0.15, 0.2) is 6.61 Å². The van der Waals surface area contributed by atoms with Crippen LogP contribution < -0.4 is 4.90 Å². The number of hydrogen-bond acceptors (Lipinski definition) is 7. The van der Waals surface area contributed by atoms with Crippen molar-refractivity contribution in [3.63, 3.8) is 0 Å². The zero-order chi connectivity index (χ0) is 24.2. The largest absolute Gasteiger partial charge is 0.466 e. The predicted molar refractivity (Wildman–Crippen MR) is 120 cm³/mol. The van der Waals surface area contributed by atoms with Gasteiger partial charge in [0.25, 0.3) is 17.7 Å². The normalized spacial score (nSPS) is 15.8. The van der Waals surface area contributed by atoms with Crippen molar-refractivity contribution in [3.05, 3.63) is 65.2 Å². The molecule has 4 rings (SSSR count). The molecule has 34 heavy (non-hydrogen) atoms. The Labute approximate surface area is 196 Å². The Hall–Kier alpha value is -4.01. The second kappa shape index (κ2) is 9.86. The molecule has 0 aromatic heterocycles. The second-order valence-corrected chi connectivity index (χ2v) is 8.02. The number of hydrogen-bond donors (Lipinski definition) is 0. The number of esters is 2. The maximum Gasteiger partial charge on any atom is 0.338 e. The Morgan fingerprint density at radius 2 is 1.56 bits per heavy atom. The highest BCUT2D eigenvalue weighted by Gasteiger charge is 2.36. The van der Waals surface area contributed by atoms with Gasteiger partial charge in [0, 0.05) is 13.1 Å². The van der Waals surface area contributed by atoms with E-state index < -0.39 is 24.4 Å². The lowest BCUT2D eigenvalue weighted by atomic mass is 9.97. The van der Waals surface area contributed by atoms with Crippen LogP contribution in [0.4, 0.5) is 5.69 Å². The third kappa shape index (κ3) is 4.54. The highest BCUT2D eigenvalue weighted by molar-refractivity contribution is 6.34. The van der Waals surface area contributed by atoms with Crippen molar-refractivity contribution in [1.82, 2.24) is 4.90 Å². The van der Waals surface area contributed by atoms with E-state index >= 15 is 0 Å². The van der Waals surface area contributed by atoms with Crippen LogP contribution >= 0.6 is 0 Å². The van der Waals surface area contributed by atoms with Crippen molar-refractivity contribution in [2.45, 2.75) is 19.8 Å². The van der Waals surface area contributed by atoms with Gasteiger partial charge in [0.1, 0.15) is 0 Å². The van der Waals surface area contributed by atoms with Gasteiger partial charge in [-0.2, -0.15) is 0 Å². The quantitative estimate of drug-likeness (QED) is 0.477. The van der Waals surface area contributed by atoms with E-state index in [0.29, 0.717) is 43.7 Å². The van der Waals surface area contributed by atoms with E-state index in [1.165, 1.54) is 18.2 Å². The van der Waals surface area contributed by atoms with Gasteiger partial charge >= 0.3 is 11.9 Å². The van der Waals surface area contributed by atoms with Crippen molar-refractivity contribution in [3.8, 4) is 0 Å². The fraction of sp³-hybridized carbons (Fsp3) is 0.320. The monoisotopic (exact) mass is 464 g/mol. The van der Waals surface area contributed by atoms with Gasteiger partial charge in [0.2, 0.25) is 0 Å². The molecule has 0 aliphatic carbocycles. The molecule has 2 aliphatic rings. The maximum atomic E-state index is 12.7. The summed E-state index contributed by atoms with van der Waals surface area (Å²) in [4.78, 5) is 64.8. The topological polar surface area (TPSA) is 110 Å². The van der Waals surface area contributed by atoms with Crippen molar-refractivity contribution >= 4 is 35.3 Å². The van der Waals surface area contributed by atoms with E-state index in [0.717, 1.165) is 4.90 Å². The number of imide groups is 1. The van der Waals surface area contributed by atoms with E-state index in [-0.39, 0.29) is 29.0 Å². The number of fused-ring (bicyclic) bond motifs is 1. The highest BCUT2D eigenvalue weighted by atomic mass is 16.5. The van der Waals surface area contributed by atoms with Crippen molar-refractivity contribution in [2.75, 3.05) is 31.2 Å². The molecule has 0 unspecified atom stereocenters. The van der Waals surface area contributed by atoms with E-state index in [1.807, 2.05) is 0 Å². The smallest absolute Gasteiger partial charge is 0.338 e. The number of likely N-dealkylation sites (tertiary alicyclic amines) is 1. The first-order chi connectivity index (χ1) is 16.4. The Balaban J connectivity index is 1.35. The van der Waals surface area contributed by atoms with Gasteiger partial charge < -0.3 is 14.4 Å². The molecule has 1 saturated heterocycles. The zero-order valence-corrected chi connectivity index (χ0v) is 18.7. The molecule has 1 fully saturated rings. The first kappa shape index (κ1) is 23.2. The SMILES string of the molecule is CCOC(=O)C1CCN(C(=O)COC(=O)c2cccc(N3C(=O)c4ccccc4C3=O)c2)CC1. The Bertz CT molecular complexity index is 1120. The molecular formula is C25H24N2O7. The summed E-state index contributed by atoms with van der Waals surface area (Å²) in [6.07, 6.45) is 1.00. The summed E-state index contributed by atoms with van der Waals surface area (Å²) in [6, 6.07) is 12.5. The summed E-state index contributed by atoms with van der Waals surface area (Å²) in [7, 11) is 0. The summed E-state index contributed by atoms with van der Waals surface area (Å²) >= 11 is 0. The molecule has 2 aromatic rings. The Kier molecular flexibility index (Phi) is 6.72. The van der Waals surface area contributed by atoms with Crippen LogP contribution in [0.25, 0.3) is 0 Å². The van der Waals surface area contributed by atoms with Crippen molar-refractivity contribution in [2.24, 2.45) is 5.92 Å². The number of anilines is 1. The fourth-order valence-corrected chi connectivity index (χ4v) is 4.12. The minimum absolute atomic E-state index is 0.114. The fourth-order valence-electron chi connectivity index (χ4n) is 4.12. The molecule has 2 heterocycles. The molecule has 0 atom stereocenters. The minimum Gasteiger partial charge on any atom is -0.466 e.